The van der Waals surface area contributed by atoms with Crippen molar-refractivity contribution in [3.63, 3.8) is 0 Å². The molecule has 0 N–H and O–H groups in total. The van der Waals surface area contributed by atoms with E-state index in [2.05, 4.69) is 157 Å². The van der Waals surface area contributed by atoms with Crippen molar-refractivity contribution in [2.24, 2.45) is 0 Å². The van der Waals surface area contributed by atoms with Gasteiger partial charge in [0.05, 0.1) is 16.1 Å². The maximum absolute atomic E-state index is 2.50. The first kappa shape index (κ1) is 26.2. The molecule has 216 valence electrons. The van der Waals surface area contributed by atoms with Gasteiger partial charge in [0.25, 0.3) is 0 Å². The second kappa shape index (κ2) is 10.3. The van der Waals surface area contributed by atoms with Crippen LogP contribution in [0, 0.1) is 0 Å². The summed E-state index contributed by atoms with van der Waals surface area (Å²) in [6.07, 6.45) is 0. The predicted molar refractivity (Wildman–Crippen MR) is 205 cm³/mol. The fourth-order valence-corrected chi connectivity index (χ4v) is 10.7. The Kier molecular flexibility index (Phi) is 5.85. The topological polar surface area (TPSA) is 3.24 Å². The minimum atomic E-state index is 1.15. The van der Waals surface area contributed by atoms with Gasteiger partial charge < -0.3 is 4.90 Å². The summed E-state index contributed by atoms with van der Waals surface area (Å²) in [5.41, 5.74) is 6.01. The van der Waals surface area contributed by atoms with Gasteiger partial charge in [-0.25, -0.2) is 0 Å². The Morgan fingerprint density at radius 2 is 0.891 bits per heavy atom. The van der Waals surface area contributed by atoms with E-state index in [0.717, 1.165) is 5.69 Å². The average Bonchev–Trinajstić information content (AvgIpc) is 3.81. The molecule has 0 fully saturated rings. The first-order chi connectivity index (χ1) is 22.8. The van der Waals surface area contributed by atoms with Crippen LogP contribution in [-0.2, 0) is 0 Å². The average molecular weight is 640 g/mol. The van der Waals surface area contributed by atoms with Gasteiger partial charge in [0.2, 0.25) is 0 Å². The number of hydrogen-bond acceptors (Lipinski definition) is 4. The first-order valence-corrected chi connectivity index (χ1v) is 17.9. The molecule has 0 atom stereocenters. The van der Waals surface area contributed by atoms with E-state index < -0.39 is 0 Å². The van der Waals surface area contributed by atoms with Gasteiger partial charge in [0.1, 0.15) is 0 Å². The molecule has 0 aliphatic rings. The van der Waals surface area contributed by atoms with Crippen LogP contribution in [0.15, 0.2) is 152 Å². The third kappa shape index (κ3) is 3.91. The highest BCUT2D eigenvalue weighted by Gasteiger charge is 2.22. The summed E-state index contributed by atoms with van der Waals surface area (Å²) in [6, 6.07) is 55.6. The molecule has 10 aromatic rings. The maximum atomic E-state index is 2.50. The Morgan fingerprint density at radius 1 is 0.326 bits per heavy atom. The van der Waals surface area contributed by atoms with E-state index in [1.807, 2.05) is 34.0 Å². The van der Waals surface area contributed by atoms with Crippen LogP contribution in [0.25, 0.3) is 71.6 Å². The summed E-state index contributed by atoms with van der Waals surface area (Å²) >= 11 is 5.70. The Labute approximate surface area is 277 Å². The third-order valence-corrected chi connectivity index (χ3v) is 12.6. The summed E-state index contributed by atoms with van der Waals surface area (Å²) in [4.78, 5) is 2.50. The minimum absolute atomic E-state index is 1.15. The van der Waals surface area contributed by atoms with E-state index in [9.17, 15) is 0 Å². The lowest BCUT2D eigenvalue weighted by Gasteiger charge is -2.27. The summed E-state index contributed by atoms with van der Waals surface area (Å²) in [5.74, 6) is 0. The van der Waals surface area contributed by atoms with Crippen LogP contribution < -0.4 is 4.90 Å². The molecular formula is C42H25NS3. The van der Waals surface area contributed by atoms with E-state index in [1.165, 1.54) is 83.0 Å². The van der Waals surface area contributed by atoms with Gasteiger partial charge in [-0.05, 0) is 59.7 Å². The van der Waals surface area contributed by atoms with Gasteiger partial charge >= 0.3 is 0 Å². The molecule has 1 nitrogen and oxygen atoms in total. The number of fused-ring (bicyclic) bond motifs is 10. The molecule has 0 unspecified atom stereocenters. The van der Waals surface area contributed by atoms with Crippen LogP contribution in [0.3, 0.4) is 0 Å². The normalized spacial score (nSPS) is 11.9. The fraction of sp³-hybridized carbons (Fsp3) is 0. The van der Waals surface area contributed by atoms with Crippen LogP contribution >= 0.6 is 34.0 Å². The fourth-order valence-electron chi connectivity index (χ4n) is 7.01. The molecule has 0 spiro atoms. The van der Waals surface area contributed by atoms with E-state index in [4.69, 9.17) is 0 Å². The zero-order valence-corrected chi connectivity index (χ0v) is 27.1. The third-order valence-electron chi connectivity index (χ3n) is 9.08. The number of hydrogen-bond donors (Lipinski definition) is 0. The molecular weight excluding hydrogens is 615 g/mol. The van der Waals surface area contributed by atoms with Crippen LogP contribution in [0.1, 0.15) is 0 Å². The SMILES string of the molecule is c1ccc(-c2ccc(N(c3cccc4c3sc3c4ccc4sc5ccccc5c43)c3cccc4sc5ccccc5c34)cc2)cc1. The largest absolute Gasteiger partial charge is 0.308 e. The maximum Gasteiger partial charge on any atom is 0.0640 e. The highest BCUT2D eigenvalue weighted by Crippen LogP contribution is 2.51. The number of nitrogens with zero attached hydrogens (tertiary/aromatic N) is 1. The van der Waals surface area contributed by atoms with Crippen LogP contribution in [0.4, 0.5) is 17.1 Å². The Hall–Kier alpha value is -5.00. The lowest BCUT2D eigenvalue weighted by molar-refractivity contribution is 1.32. The summed E-state index contributed by atoms with van der Waals surface area (Å²) in [6.45, 7) is 0. The predicted octanol–water partition coefficient (Wildman–Crippen LogP) is 13.9. The Bertz CT molecular complexity index is 2750. The van der Waals surface area contributed by atoms with Gasteiger partial charge in [0, 0.05) is 61.5 Å². The van der Waals surface area contributed by atoms with Crippen LogP contribution in [0.2, 0.25) is 0 Å². The second-order valence-electron chi connectivity index (χ2n) is 11.7. The monoisotopic (exact) mass is 639 g/mol. The van der Waals surface area contributed by atoms with Crippen molar-refractivity contribution in [2.45, 2.75) is 0 Å². The molecule has 3 aromatic heterocycles. The Balaban J connectivity index is 1.27. The van der Waals surface area contributed by atoms with Gasteiger partial charge in [0.15, 0.2) is 0 Å². The van der Waals surface area contributed by atoms with Crippen molar-refractivity contribution >= 4 is 112 Å². The number of thiophene rings is 3. The molecule has 0 saturated carbocycles. The minimum Gasteiger partial charge on any atom is -0.308 e. The molecule has 46 heavy (non-hydrogen) atoms. The van der Waals surface area contributed by atoms with Gasteiger partial charge in [-0.15, -0.1) is 34.0 Å². The molecule has 4 heteroatoms. The first-order valence-electron chi connectivity index (χ1n) is 15.4. The number of anilines is 3. The molecule has 0 aliphatic carbocycles. The lowest BCUT2D eigenvalue weighted by Crippen LogP contribution is -2.10. The highest BCUT2D eigenvalue weighted by molar-refractivity contribution is 7.30. The van der Waals surface area contributed by atoms with E-state index >= 15 is 0 Å². The zero-order valence-electron chi connectivity index (χ0n) is 24.6. The van der Waals surface area contributed by atoms with Crippen LogP contribution in [0.5, 0.6) is 0 Å². The van der Waals surface area contributed by atoms with Gasteiger partial charge in [-0.3, -0.25) is 0 Å². The van der Waals surface area contributed by atoms with Crippen molar-refractivity contribution < 1.29 is 0 Å². The standard InChI is InChI=1S/C42H25NS3/c1-2-10-26(11-3-1)27-20-22-28(23-21-27)43(33-15-9-19-37-39(33)31-12-4-6-17-35(31)44-37)34-16-8-14-29-30-24-25-38-40(42(30)46-41(29)34)32-13-5-7-18-36(32)45-38/h1-25H. The van der Waals surface area contributed by atoms with E-state index in [0.29, 0.717) is 0 Å². The van der Waals surface area contributed by atoms with Crippen LogP contribution in [-0.4, -0.2) is 0 Å². The summed E-state index contributed by atoms with van der Waals surface area (Å²) in [7, 11) is 0. The van der Waals surface area contributed by atoms with E-state index in [1.54, 1.807) is 0 Å². The molecule has 0 amide bonds. The summed E-state index contributed by atoms with van der Waals surface area (Å²) in [5, 5.41) is 7.98. The van der Waals surface area contributed by atoms with Crippen molar-refractivity contribution in [1.82, 2.24) is 0 Å². The zero-order chi connectivity index (χ0) is 30.2. The quantitative estimate of drug-likeness (QED) is 0.185. The highest BCUT2D eigenvalue weighted by atomic mass is 32.1. The van der Waals surface area contributed by atoms with Crippen molar-refractivity contribution in [3.8, 4) is 11.1 Å². The lowest BCUT2D eigenvalue weighted by atomic mass is 10.0. The Morgan fingerprint density at radius 3 is 1.67 bits per heavy atom. The smallest absolute Gasteiger partial charge is 0.0640 e. The molecule has 0 bridgehead atoms. The van der Waals surface area contributed by atoms with Crippen molar-refractivity contribution in [1.29, 1.82) is 0 Å². The molecule has 0 aliphatic heterocycles. The molecule has 3 heterocycles. The van der Waals surface area contributed by atoms with Gasteiger partial charge in [-0.1, -0.05) is 103 Å². The molecule has 7 aromatic carbocycles. The van der Waals surface area contributed by atoms with E-state index in [-0.39, 0.29) is 0 Å². The van der Waals surface area contributed by atoms with Crippen molar-refractivity contribution in [3.05, 3.63) is 152 Å². The second-order valence-corrected chi connectivity index (χ2v) is 14.9. The summed E-state index contributed by atoms with van der Waals surface area (Å²) < 4.78 is 8.00. The molecule has 10 rings (SSSR count). The number of rotatable bonds is 4. The number of benzene rings is 7. The van der Waals surface area contributed by atoms with Gasteiger partial charge in [-0.2, -0.15) is 0 Å². The van der Waals surface area contributed by atoms with Crippen molar-refractivity contribution in [2.75, 3.05) is 4.90 Å². The molecule has 0 saturated heterocycles. The molecule has 0 radical (unpaired) electrons.